The molecule has 0 spiro atoms. The Kier molecular flexibility index (Phi) is 4.18. The van der Waals surface area contributed by atoms with Crippen molar-refractivity contribution in [2.45, 2.75) is 27.2 Å². The molecule has 0 aromatic heterocycles. The third-order valence-electron chi connectivity index (χ3n) is 4.67. The lowest BCUT2D eigenvalue weighted by molar-refractivity contribution is -0.143. The Labute approximate surface area is 142 Å². The fourth-order valence-electron chi connectivity index (χ4n) is 2.75. The number of hydrogen-bond donors (Lipinski definition) is 0. The summed E-state index contributed by atoms with van der Waals surface area (Å²) in [5.41, 5.74) is -0.526. The molecular formula is C21H22O3. The van der Waals surface area contributed by atoms with Crippen molar-refractivity contribution >= 4 is 27.5 Å². The van der Waals surface area contributed by atoms with Gasteiger partial charge in [0.1, 0.15) is 11.5 Å². The van der Waals surface area contributed by atoms with Crippen LogP contribution in [0, 0.1) is 5.41 Å². The monoisotopic (exact) mass is 322 g/mol. The smallest absolute Gasteiger partial charge is 0.316 e. The maximum atomic E-state index is 12.7. The van der Waals surface area contributed by atoms with Crippen LogP contribution in [0.4, 0.5) is 0 Å². The highest BCUT2D eigenvalue weighted by Gasteiger charge is 2.29. The minimum absolute atomic E-state index is 0.217. The summed E-state index contributed by atoms with van der Waals surface area (Å²) in [5.74, 6) is 1.19. The molecule has 0 amide bonds. The van der Waals surface area contributed by atoms with Gasteiger partial charge in [-0.1, -0.05) is 55.5 Å². The van der Waals surface area contributed by atoms with Gasteiger partial charge < -0.3 is 9.47 Å². The van der Waals surface area contributed by atoms with Crippen molar-refractivity contribution < 1.29 is 14.3 Å². The highest BCUT2D eigenvalue weighted by molar-refractivity contribution is 6.12. The highest BCUT2D eigenvalue weighted by Crippen LogP contribution is 2.43. The van der Waals surface area contributed by atoms with Crippen molar-refractivity contribution in [1.29, 1.82) is 0 Å². The summed E-state index contributed by atoms with van der Waals surface area (Å²) in [4.78, 5) is 12.7. The van der Waals surface area contributed by atoms with E-state index in [1.54, 1.807) is 7.11 Å². The first kappa shape index (κ1) is 16.3. The fourth-order valence-corrected chi connectivity index (χ4v) is 2.75. The summed E-state index contributed by atoms with van der Waals surface area (Å²) >= 11 is 0. The lowest BCUT2D eigenvalue weighted by atomic mass is 9.90. The second-order valence-electron chi connectivity index (χ2n) is 6.58. The molecule has 0 radical (unpaired) electrons. The molecular weight excluding hydrogens is 300 g/mol. The molecule has 0 fully saturated rings. The standard InChI is InChI=1S/C21H22O3/c1-5-21(2,3)20(22)24-19-16-12-8-6-10-14(16)18(23-4)15-11-7-9-13-17(15)19/h6-13H,5H2,1-4H3. The van der Waals surface area contributed by atoms with Gasteiger partial charge in [0.2, 0.25) is 0 Å². The Bertz CT molecular complexity index is 852. The van der Waals surface area contributed by atoms with Gasteiger partial charge in [0, 0.05) is 21.5 Å². The van der Waals surface area contributed by atoms with E-state index in [4.69, 9.17) is 9.47 Å². The van der Waals surface area contributed by atoms with Crippen LogP contribution in [0.25, 0.3) is 21.5 Å². The van der Waals surface area contributed by atoms with Crippen LogP contribution in [0.15, 0.2) is 48.5 Å². The molecule has 3 heteroatoms. The van der Waals surface area contributed by atoms with Crippen LogP contribution in [-0.2, 0) is 4.79 Å². The second-order valence-corrected chi connectivity index (χ2v) is 6.58. The van der Waals surface area contributed by atoms with Crippen LogP contribution < -0.4 is 9.47 Å². The van der Waals surface area contributed by atoms with E-state index in [-0.39, 0.29) is 5.97 Å². The molecule has 0 N–H and O–H groups in total. The Balaban J connectivity index is 2.31. The predicted molar refractivity (Wildman–Crippen MR) is 97.7 cm³/mol. The lowest BCUT2D eigenvalue weighted by Gasteiger charge is -2.22. The number of carbonyl (C=O) groups is 1. The molecule has 3 nitrogen and oxygen atoms in total. The average molecular weight is 322 g/mol. The number of ether oxygens (including phenoxy) is 2. The van der Waals surface area contributed by atoms with E-state index in [2.05, 4.69) is 0 Å². The third-order valence-corrected chi connectivity index (χ3v) is 4.67. The van der Waals surface area contributed by atoms with Crippen molar-refractivity contribution in [3.63, 3.8) is 0 Å². The van der Waals surface area contributed by atoms with Crippen LogP contribution in [-0.4, -0.2) is 13.1 Å². The van der Waals surface area contributed by atoms with Crippen LogP contribution >= 0.6 is 0 Å². The van der Waals surface area contributed by atoms with Crippen molar-refractivity contribution in [3.8, 4) is 11.5 Å². The number of fused-ring (bicyclic) bond motifs is 2. The molecule has 0 atom stereocenters. The van der Waals surface area contributed by atoms with Crippen LogP contribution in [0.2, 0.25) is 0 Å². The molecule has 0 saturated heterocycles. The summed E-state index contributed by atoms with van der Waals surface area (Å²) < 4.78 is 11.6. The zero-order valence-corrected chi connectivity index (χ0v) is 14.6. The van der Waals surface area contributed by atoms with Crippen molar-refractivity contribution in [2.75, 3.05) is 7.11 Å². The summed E-state index contributed by atoms with van der Waals surface area (Å²) in [6.45, 7) is 5.80. The summed E-state index contributed by atoms with van der Waals surface area (Å²) in [5, 5.41) is 3.65. The minimum Gasteiger partial charge on any atom is -0.495 e. The molecule has 0 aliphatic rings. The molecule has 0 heterocycles. The Morgan fingerprint density at radius 3 is 1.67 bits per heavy atom. The Morgan fingerprint density at radius 2 is 1.29 bits per heavy atom. The van der Waals surface area contributed by atoms with Gasteiger partial charge in [-0.3, -0.25) is 4.79 Å². The van der Waals surface area contributed by atoms with E-state index < -0.39 is 5.41 Å². The number of hydrogen-bond acceptors (Lipinski definition) is 3. The molecule has 0 aliphatic heterocycles. The zero-order chi connectivity index (χ0) is 17.3. The minimum atomic E-state index is -0.526. The average Bonchev–Trinajstić information content (AvgIpc) is 2.61. The Hall–Kier alpha value is -2.55. The van der Waals surface area contributed by atoms with Gasteiger partial charge in [0.15, 0.2) is 0 Å². The maximum absolute atomic E-state index is 12.7. The van der Waals surface area contributed by atoms with Crippen molar-refractivity contribution in [1.82, 2.24) is 0 Å². The molecule has 124 valence electrons. The first-order valence-corrected chi connectivity index (χ1v) is 8.19. The van der Waals surface area contributed by atoms with E-state index in [9.17, 15) is 4.79 Å². The molecule has 0 unspecified atom stereocenters. The van der Waals surface area contributed by atoms with Gasteiger partial charge in [0.05, 0.1) is 12.5 Å². The summed E-state index contributed by atoms with van der Waals surface area (Å²) in [7, 11) is 1.67. The molecule has 0 saturated carbocycles. The van der Waals surface area contributed by atoms with Crippen molar-refractivity contribution in [3.05, 3.63) is 48.5 Å². The number of esters is 1. The highest BCUT2D eigenvalue weighted by atomic mass is 16.5. The summed E-state index contributed by atoms with van der Waals surface area (Å²) in [6.07, 6.45) is 0.720. The first-order valence-electron chi connectivity index (χ1n) is 8.19. The van der Waals surface area contributed by atoms with Gasteiger partial charge in [-0.05, 0) is 20.3 Å². The van der Waals surface area contributed by atoms with Crippen molar-refractivity contribution in [2.24, 2.45) is 5.41 Å². The second kappa shape index (κ2) is 6.16. The number of benzene rings is 3. The van der Waals surface area contributed by atoms with E-state index in [0.717, 1.165) is 33.7 Å². The van der Waals surface area contributed by atoms with Gasteiger partial charge in [-0.25, -0.2) is 0 Å². The molecule has 3 rings (SSSR count). The predicted octanol–water partition coefficient (Wildman–Crippen LogP) is 5.34. The molecule has 24 heavy (non-hydrogen) atoms. The van der Waals surface area contributed by atoms with E-state index in [1.165, 1.54) is 0 Å². The van der Waals surface area contributed by atoms with Gasteiger partial charge in [-0.15, -0.1) is 0 Å². The number of rotatable bonds is 4. The molecule has 0 bridgehead atoms. The van der Waals surface area contributed by atoms with Crippen LogP contribution in [0.5, 0.6) is 11.5 Å². The largest absolute Gasteiger partial charge is 0.495 e. The van der Waals surface area contributed by atoms with E-state index in [1.807, 2.05) is 69.3 Å². The van der Waals surface area contributed by atoms with Gasteiger partial charge in [-0.2, -0.15) is 0 Å². The number of methoxy groups -OCH3 is 1. The molecule has 3 aromatic carbocycles. The third kappa shape index (κ3) is 2.60. The number of carbonyl (C=O) groups excluding carboxylic acids is 1. The van der Waals surface area contributed by atoms with Gasteiger partial charge in [0.25, 0.3) is 0 Å². The van der Waals surface area contributed by atoms with Crippen LogP contribution in [0.3, 0.4) is 0 Å². The Morgan fingerprint density at radius 1 is 0.875 bits per heavy atom. The zero-order valence-electron chi connectivity index (χ0n) is 14.6. The van der Waals surface area contributed by atoms with E-state index in [0.29, 0.717) is 5.75 Å². The first-order chi connectivity index (χ1) is 11.5. The SMILES string of the molecule is CCC(C)(C)C(=O)Oc1c2ccccc2c(OC)c2ccccc12. The topological polar surface area (TPSA) is 35.5 Å². The molecule has 3 aromatic rings. The maximum Gasteiger partial charge on any atom is 0.316 e. The normalized spacial score (nSPS) is 11.7. The summed E-state index contributed by atoms with van der Waals surface area (Å²) in [6, 6.07) is 15.7. The van der Waals surface area contributed by atoms with Crippen LogP contribution in [0.1, 0.15) is 27.2 Å². The van der Waals surface area contributed by atoms with E-state index >= 15 is 0 Å². The molecule has 0 aliphatic carbocycles. The fraction of sp³-hybridized carbons (Fsp3) is 0.286. The van der Waals surface area contributed by atoms with Gasteiger partial charge >= 0.3 is 5.97 Å². The quantitative estimate of drug-likeness (QED) is 0.369. The lowest BCUT2D eigenvalue weighted by Crippen LogP contribution is -2.28.